The van der Waals surface area contributed by atoms with Crippen molar-refractivity contribution < 1.29 is 9.18 Å². The van der Waals surface area contributed by atoms with Gasteiger partial charge in [0.1, 0.15) is 5.82 Å². The zero-order chi connectivity index (χ0) is 10.6. The molecule has 5 heteroatoms. The Kier molecular flexibility index (Phi) is 4.41. The molecule has 0 spiro atoms. The van der Waals surface area contributed by atoms with Gasteiger partial charge >= 0.3 is 0 Å². The smallest absolute Gasteiger partial charge is 0.229 e. The number of hydrogen-bond donors (Lipinski definition) is 2. The van der Waals surface area contributed by atoms with Crippen LogP contribution in [0.3, 0.4) is 0 Å². The predicted octanol–water partition coefficient (Wildman–Crippen LogP) is 2.13. The monoisotopic (exact) mass is 277 g/mol. The first-order valence-corrected chi connectivity index (χ1v) is 5.38. The first-order chi connectivity index (χ1) is 6.65. The second-order valence-corrected chi connectivity index (χ2v) is 3.82. The number of carbonyl (C=O) groups is 1. The Labute approximate surface area is 95.4 Å². The van der Waals surface area contributed by atoms with Crippen LogP contribution in [0.5, 0.6) is 0 Å². The summed E-state index contributed by atoms with van der Waals surface area (Å²) in [7, 11) is 0. The lowest BCUT2D eigenvalue weighted by Crippen LogP contribution is -2.24. The van der Waals surface area contributed by atoms with E-state index in [1.54, 1.807) is 18.2 Å². The van der Waals surface area contributed by atoms with Gasteiger partial charge in [-0.25, -0.2) is 4.39 Å². The molecular weight excluding hydrogens is 269 g/mol. The van der Waals surface area contributed by atoms with E-state index in [1.807, 2.05) is 0 Å². The van der Waals surface area contributed by atoms with Crippen molar-refractivity contribution in [2.45, 2.75) is 6.54 Å². The predicted molar refractivity (Wildman–Crippen MR) is 59.8 cm³/mol. The quantitative estimate of drug-likeness (QED) is 0.815. The van der Waals surface area contributed by atoms with Gasteiger partial charge in [0.25, 0.3) is 0 Å². The number of benzene rings is 1. The van der Waals surface area contributed by atoms with Crippen LogP contribution in [0.2, 0.25) is 0 Å². The molecule has 1 N–H and O–H groups in total. The summed E-state index contributed by atoms with van der Waals surface area (Å²) >= 11 is 6.86. The summed E-state index contributed by atoms with van der Waals surface area (Å²) < 4.78 is 13.7. The van der Waals surface area contributed by atoms with E-state index in [-0.39, 0.29) is 24.0 Å². The van der Waals surface area contributed by atoms with Gasteiger partial charge in [0.2, 0.25) is 5.91 Å². The van der Waals surface area contributed by atoms with E-state index in [1.165, 1.54) is 0 Å². The van der Waals surface area contributed by atoms with Gasteiger partial charge in [-0.05, 0) is 22.0 Å². The second-order valence-electron chi connectivity index (χ2n) is 2.65. The Morgan fingerprint density at radius 1 is 1.57 bits per heavy atom. The third-order valence-electron chi connectivity index (χ3n) is 1.65. The number of rotatable bonds is 3. The van der Waals surface area contributed by atoms with Crippen molar-refractivity contribution in [3.05, 3.63) is 34.1 Å². The first kappa shape index (κ1) is 11.5. The lowest BCUT2D eigenvalue weighted by Gasteiger charge is -2.05. The van der Waals surface area contributed by atoms with Crippen molar-refractivity contribution >= 4 is 34.5 Å². The summed E-state index contributed by atoms with van der Waals surface area (Å²) in [5, 5.41) is 2.54. The van der Waals surface area contributed by atoms with Crippen molar-refractivity contribution in [3.8, 4) is 0 Å². The molecule has 2 nitrogen and oxygen atoms in total. The van der Waals surface area contributed by atoms with Crippen LogP contribution in [-0.2, 0) is 11.3 Å². The molecule has 76 valence electrons. The normalized spacial score (nSPS) is 9.93. The zero-order valence-electron chi connectivity index (χ0n) is 7.26. The molecule has 0 aliphatic heterocycles. The van der Waals surface area contributed by atoms with Crippen LogP contribution in [0.25, 0.3) is 0 Å². The van der Waals surface area contributed by atoms with E-state index in [4.69, 9.17) is 0 Å². The molecule has 1 aromatic carbocycles. The highest BCUT2D eigenvalue weighted by Crippen LogP contribution is 2.18. The number of hydrogen-bond acceptors (Lipinski definition) is 2. The maximum absolute atomic E-state index is 13.3. The minimum Gasteiger partial charge on any atom is -0.351 e. The number of amides is 1. The molecule has 0 saturated heterocycles. The number of halogens is 2. The third-order valence-corrected chi connectivity index (χ3v) is 2.55. The van der Waals surface area contributed by atoms with E-state index >= 15 is 0 Å². The van der Waals surface area contributed by atoms with Gasteiger partial charge < -0.3 is 5.32 Å². The van der Waals surface area contributed by atoms with Crippen molar-refractivity contribution in [1.82, 2.24) is 5.32 Å². The molecule has 14 heavy (non-hydrogen) atoms. The molecule has 0 unspecified atom stereocenters. The van der Waals surface area contributed by atoms with Crippen molar-refractivity contribution in [2.75, 3.05) is 5.75 Å². The van der Waals surface area contributed by atoms with Crippen molar-refractivity contribution in [1.29, 1.82) is 0 Å². The fraction of sp³-hybridized carbons (Fsp3) is 0.222. The molecule has 1 rings (SSSR count). The van der Waals surface area contributed by atoms with Crippen LogP contribution in [0.15, 0.2) is 22.7 Å². The molecule has 0 atom stereocenters. The van der Waals surface area contributed by atoms with Gasteiger partial charge in [0.15, 0.2) is 0 Å². The Morgan fingerprint density at radius 3 is 2.93 bits per heavy atom. The minimum atomic E-state index is -0.341. The number of carbonyl (C=O) groups excluding carboxylic acids is 1. The molecule has 1 amide bonds. The highest BCUT2D eigenvalue weighted by Gasteiger charge is 2.06. The Hall–Kier alpha value is -0.550. The Morgan fingerprint density at radius 2 is 2.29 bits per heavy atom. The summed E-state index contributed by atoms with van der Waals surface area (Å²) in [5.41, 5.74) is 0.453. The van der Waals surface area contributed by atoms with Crippen LogP contribution >= 0.6 is 28.6 Å². The average molecular weight is 278 g/mol. The molecule has 0 fully saturated rings. The van der Waals surface area contributed by atoms with Crippen LogP contribution < -0.4 is 5.32 Å². The summed E-state index contributed by atoms with van der Waals surface area (Å²) in [5.74, 6) is -0.449. The fourth-order valence-electron chi connectivity index (χ4n) is 0.935. The topological polar surface area (TPSA) is 29.1 Å². The van der Waals surface area contributed by atoms with Gasteiger partial charge in [0, 0.05) is 12.1 Å². The van der Waals surface area contributed by atoms with Gasteiger partial charge in [0.05, 0.1) is 10.2 Å². The summed E-state index contributed by atoms with van der Waals surface area (Å²) in [4.78, 5) is 10.9. The summed E-state index contributed by atoms with van der Waals surface area (Å²) in [6.45, 7) is 0.185. The van der Waals surface area contributed by atoms with E-state index in [0.29, 0.717) is 10.0 Å². The lowest BCUT2D eigenvalue weighted by atomic mass is 10.2. The van der Waals surface area contributed by atoms with Gasteiger partial charge in [-0.2, -0.15) is 12.6 Å². The standard InChI is InChI=1S/C9H9BrFNOS/c10-7-3-1-2-6(9(7)11)4-12-8(13)5-14/h1-3,14H,4-5H2,(H,12,13). The number of thiol groups is 1. The molecule has 0 aliphatic carbocycles. The largest absolute Gasteiger partial charge is 0.351 e. The van der Waals surface area contributed by atoms with E-state index in [0.717, 1.165) is 0 Å². The molecule has 0 saturated carbocycles. The molecule has 0 radical (unpaired) electrons. The highest BCUT2D eigenvalue weighted by atomic mass is 79.9. The average Bonchev–Trinajstić information content (AvgIpc) is 2.20. The zero-order valence-corrected chi connectivity index (χ0v) is 9.74. The fourth-order valence-corrected chi connectivity index (χ4v) is 1.45. The van der Waals surface area contributed by atoms with Crippen molar-refractivity contribution in [3.63, 3.8) is 0 Å². The lowest BCUT2D eigenvalue weighted by molar-refractivity contribution is -0.118. The third kappa shape index (κ3) is 2.99. The van der Waals surface area contributed by atoms with E-state index in [9.17, 15) is 9.18 Å². The molecule has 0 aliphatic rings. The summed E-state index contributed by atoms with van der Waals surface area (Å²) in [6, 6.07) is 4.95. The van der Waals surface area contributed by atoms with Gasteiger partial charge in [-0.1, -0.05) is 12.1 Å². The number of nitrogens with one attached hydrogen (secondary N) is 1. The second kappa shape index (κ2) is 5.36. The molecule has 1 aromatic rings. The maximum Gasteiger partial charge on any atom is 0.229 e. The molecule has 0 heterocycles. The molecule has 0 aromatic heterocycles. The molecular formula is C9H9BrFNOS. The van der Waals surface area contributed by atoms with Gasteiger partial charge in [-0.3, -0.25) is 4.79 Å². The van der Waals surface area contributed by atoms with Crippen LogP contribution in [0.4, 0.5) is 4.39 Å². The first-order valence-electron chi connectivity index (χ1n) is 3.95. The SMILES string of the molecule is O=C(CS)NCc1cccc(Br)c1F. The van der Waals surface area contributed by atoms with E-state index in [2.05, 4.69) is 33.9 Å². The Bertz CT molecular complexity index is 346. The van der Waals surface area contributed by atoms with Crippen molar-refractivity contribution in [2.24, 2.45) is 0 Å². The maximum atomic E-state index is 13.3. The Balaban J connectivity index is 2.68. The van der Waals surface area contributed by atoms with Gasteiger partial charge in [-0.15, -0.1) is 0 Å². The van der Waals surface area contributed by atoms with Crippen LogP contribution in [0, 0.1) is 5.82 Å². The van der Waals surface area contributed by atoms with E-state index < -0.39 is 0 Å². The molecule has 0 bridgehead atoms. The highest BCUT2D eigenvalue weighted by molar-refractivity contribution is 9.10. The van der Waals surface area contributed by atoms with Crippen LogP contribution in [-0.4, -0.2) is 11.7 Å². The van der Waals surface area contributed by atoms with Crippen LogP contribution in [0.1, 0.15) is 5.56 Å². The summed E-state index contributed by atoms with van der Waals surface area (Å²) in [6.07, 6.45) is 0. The minimum absolute atomic E-state index is 0.107.